The fraction of sp³-hybridized carbons (Fsp3) is 0.429. The minimum Gasteiger partial charge on any atom is -0.382 e. The van der Waals surface area contributed by atoms with Gasteiger partial charge in [-0.3, -0.25) is 15.1 Å². The maximum absolute atomic E-state index is 11.4. The first kappa shape index (κ1) is 12.4. The third-order valence-corrected chi connectivity index (χ3v) is 2.10. The van der Waals surface area contributed by atoms with Gasteiger partial charge in [-0.25, -0.2) is 4.99 Å². The van der Waals surface area contributed by atoms with E-state index in [0.717, 1.165) is 0 Å². The van der Waals surface area contributed by atoms with Crippen molar-refractivity contribution in [3.8, 4) is 0 Å². The van der Waals surface area contributed by atoms with Gasteiger partial charge in [0.1, 0.15) is 6.17 Å². The van der Waals surface area contributed by atoms with Gasteiger partial charge in [0.15, 0.2) is 23.0 Å². The second-order valence-electron chi connectivity index (χ2n) is 2.94. The summed E-state index contributed by atoms with van der Waals surface area (Å²) < 4.78 is 0. The average molecular weight is 246 g/mol. The molecule has 0 radical (unpaired) electrons. The van der Waals surface area contributed by atoms with Gasteiger partial charge in [-0.05, 0) is 7.05 Å². The Hall–Kier alpha value is -1.67. The van der Waals surface area contributed by atoms with Crippen LogP contribution in [0.15, 0.2) is 15.0 Å². The third-order valence-electron chi connectivity index (χ3n) is 1.76. The quantitative estimate of drug-likeness (QED) is 0.187. The summed E-state index contributed by atoms with van der Waals surface area (Å²) in [6, 6.07) is 0. The molecule has 0 spiro atoms. The number of aliphatic imine (C=N–C) groups is 3. The van der Waals surface area contributed by atoms with Crippen molar-refractivity contribution in [2.45, 2.75) is 11.7 Å². The lowest BCUT2D eigenvalue weighted by Crippen LogP contribution is -2.44. The van der Waals surface area contributed by atoms with Crippen LogP contribution in [0.4, 0.5) is 0 Å². The highest BCUT2D eigenvalue weighted by molar-refractivity contribution is 6.67. The highest BCUT2D eigenvalue weighted by atomic mass is 35.5. The second-order valence-corrected chi connectivity index (χ2v) is 3.39. The molecular formula is C7H12ClN7O. The van der Waals surface area contributed by atoms with Gasteiger partial charge in [-0.1, -0.05) is 11.6 Å². The van der Waals surface area contributed by atoms with Crippen molar-refractivity contribution in [3.05, 3.63) is 0 Å². The molecule has 9 heteroatoms. The summed E-state index contributed by atoms with van der Waals surface area (Å²) in [5, 5.41) is 2.78. The van der Waals surface area contributed by atoms with Gasteiger partial charge in [-0.15, -0.1) is 0 Å². The number of hydrogen-bond acceptors (Lipinski definition) is 5. The molecule has 8 nitrogen and oxygen atoms in total. The third kappa shape index (κ3) is 2.67. The molecule has 0 fully saturated rings. The Bertz CT molecular complexity index is 384. The fourth-order valence-electron chi connectivity index (χ4n) is 1.07. The van der Waals surface area contributed by atoms with Gasteiger partial charge in [0.25, 0.3) is 0 Å². The monoisotopic (exact) mass is 245 g/mol. The van der Waals surface area contributed by atoms with Gasteiger partial charge in [0, 0.05) is 0 Å². The second kappa shape index (κ2) is 4.90. The number of nitrogens with two attached hydrogens (primary N) is 3. The highest BCUT2D eigenvalue weighted by Gasteiger charge is 2.27. The normalized spacial score (nSPS) is 24.4. The number of amides is 1. The number of carbonyl (C=O) groups is 1. The van der Waals surface area contributed by atoms with Crippen molar-refractivity contribution in [1.82, 2.24) is 5.32 Å². The SMILES string of the molecule is CNC1N=C(N)C(C(=O)N=C(N)N)=NC1Cl. The summed E-state index contributed by atoms with van der Waals surface area (Å²) in [5.41, 5.74) is 14.8. The standard InChI is InChI=1S/C7H12ClN7O/c1-12-5-3(8)13-2(4(9)14-5)6(16)15-7(10)11/h3,5,12H,1H3,(H2,9,14)(H4,10,11,15,16). The van der Waals surface area contributed by atoms with Crippen LogP contribution in [-0.2, 0) is 4.79 Å². The summed E-state index contributed by atoms with van der Waals surface area (Å²) in [6.07, 6.45) is -0.475. The van der Waals surface area contributed by atoms with Crippen molar-refractivity contribution in [2.75, 3.05) is 7.05 Å². The maximum Gasteiger partial charge on any atom is 0.302 e. The van der Waals surface area contributed by atoms with Gasteiger partial charge >= 0.3 is 5.91 Å². The highest BCUT2D eigenvalue weighted by Crippen LogP contribution is 2.11. The lowest BCUT2D eigenvalue weighted by molar-refractivity contribution is -0.111. The topological polar surface area (TPSA) is 144 Å². The molecule has 0 saturated heterocycles. The summed E-state index contributed by atoms with van der Waals surface area (Å²) >= 11 is 5.85. The fourth-order valence-corrected chi connectivity index (χ4v) is 1.35. The zero-order valence-corrected chi connectivity index (χ0v) is 9.27. The van der Waals surface area contributed by atoms with E-state index in [4.69, 9.17) is 28.8 Å². The van der Waals surface area contributed by atoms with E-state index in [1.165, 1.54) is 0 Å². The van der Waals surface area contributed by atoms with Crippen LogP contribution in [0.3, 0.4) is 0 Å². The molecular weight excluding hydrogens is 234 g/mol. The molecule has 0 aliphatic carbocycles. The predicted molar refractivity (Wildman–Crippen MR) is 62.4 cm³/mol. The van der Waals surface area contributed by atoms with Crippen molar-refractivity contribution in [1.29, 1.82) is 0 Å². The number of amidine groups is 1. The molecule has 88 valence electrons. The molecule has 0 aromatic carbocycles. The number of hydrogen-bond donors (Lipinski definition) is 4. The number of guanidine groups is 1. The van der Waals surface area contributed by atoms with E-state index in [9.17, 15) is 4.79 Å². The Labute approximate surface area is 96.6 Å². The van der Waals surface area contributed by atoms with Crippen molar-refractivity contribution in [2.24, 2.45) is 32.2 Å². The first-order chi connectivity index (χ1) is 7.45. The largest absolute Gasteiger partial charge is 0.382 e. The molecule has 0 aromatic heterocycles. The number of halogens is 1. The molecule has 1 aliphatic rings. The van der Waals surface area contributed by atoms with E-state index in [1.807, 2.05) is 0 Å². The maximum atomic E-state index is 11.4. The number of carbonyl (C=O) groups excluding carboxylic acids is 1. The Morgan fingerprint density at radius 3 is 2.62 bits per heavy atom. The van der Waals surface area contributed by atoms with Crippen LogP contribution >= 0.6 is 11.6 Å². The van der Waals surface area contributed by atoms with Crippen LogP contribution in [-0.4, -0.2) is 42.1 Å². The van der Waals surface area contributed by atoms with E-state index >= 15 is 0 Å². The Morgan fingerprint density at radius 2 is 2.12 bits per heavy atom. The minimum absolute atomic E-state index is 0.0498. The molecule has 0 bridgehead atoms. The molecule has 2 atom stereocenters. The van der Waals surface area contributed by atoms with Crippen LogP contribution in [0.2, 0.25) is 0 Å². The van der Waals surface area contributed by atoms with E-state index in [0.29, 0.717) is 0 Å². The molecule has 2 unspecified atom stereocenters. The predicted octanol–water partition coefficient (Wildman–Crippen LogP) is -2.29. The molecule has 0 saturated carbocycles. The molecule has 1 rings (SSSR count). The molecule has 0 aromatic rings. The van der Waals surface area contributed by atoms with Crippen LogP contribution in [0, 0.1) is 0 Å². The summed E-state index contributed by atoms with van der Waals surface area (Å²) in [5.74, 6) is -1.19. The van der Waals surface area contributed by atoms with Gasteiger partial charge < -0.3 is 17.2 Å². The first-order valence-corrected chi connectivity index (χ1v) is 4.76. The Balaban J connectivity index is 2.96. The van der Waals surface area contributed by atoms with Crippen LogP contribution < -0.4 is 22.5 Å². The van der Waals surface area contributed by atoms with Crippen molar-refractivity contribution in [3.63, 3.8) is 0 Å². The average Bonchev–Trinajstić information content (AvgIpc) is 2.19. The van der Waals surface area contributed by atoms with Gasteiger partial charge in [0.2, 0.25) is 0 Å². The molecule has 7 N–H and O–H groups in total. The number of likely N-dealkylation sites (N-methyl/N-ethyl adjacent to an activating group) is 1. The van der Waals surface area contributed by atoms with Gasteiger partial charge in [-0.2, -0.15) is 4.99 Å². The smallest absolute Gasteiger partial charge is 0.302 e. The molecule has 1 amide bonds. The lowest BCUT2D eigenvalue weighted by atomic mass is 10.2. The summed E-state index contributed by atoms with van der Waals surface area (Å²) in [7, 11) is 1.65. The Kier molecular flexibility index (Phi) is 3.80. The number of nitrogens with zero attached hydrogens (tertiary/aromatic N) is 3. The molecule has 1 heterocycles. The number of rotatable bonds is 2. The van der Waals surface area contributed by atoms with Crippen molar-refractivity contribution < 1.29 is 4.79 Å². The van der Waals surface area contributed by atoms with E-state index < -0.39 is 17.6 Å². The number of nitrogens with one attached hydrogen (secondary N) is 1. The summed E-state index contributed by atoms with van der Waals surface area (Å²) in [4.78, 5) is 22.5. The van der Waals surface area contributed by atoms with Crippen LogP contribution in [0.25, 0.3) is 0 Å². The Morgan fingerprint density at radius 1 is 1.50 bits per heavy atom. The van der Waals surface area contributed by atoms with E-state index in [-0.39, 0.29) is 17.5 Å². The minimum atomic E-state index is -0.763. The summed E-state index contributed by atoms with van der Waals surface area (Å²) in [6.45, 7) is 0. The van der Waals surface area contributed by atoms with Crippen molar-refractivity contribution >= 4 is 35.0 Å². The van der Waals surface area contributed by atoms with E-state index in [2.05, 4.69) is 20.3 Å². The van der Waals surface area contributed by atoms with E-state index in [1.54, 1.807) is 7.05 Å². The molecule has 16 heavy (non-hydrogen) atoms. The lowest BCUT2D eigenvalue weighted by Gasteiger charge is -2.20. The van der Waals surface area contributed by atoms with Crippen LogP contribution in [0.1, 0.15) is 0 Å². The zero-order chi connectivity index (χ0) is 12.3. The zero-order valence-electron chi connectivity index (χ0n) is 8.51. The van der Waals surface area contributed by atoms with Crippen LogP contribution in [0.5, 0.6) is 0 Å². The number of alkyl halides is 1. The first-order valence-electron chi connectivity index (χ1n) is 4.32. The molecule has 1 aliphatic heterocycles. The van der Waals surface area contributed by atoms with Gasteiger partial charge in [0.05, 0.1) is 0 Å².